The normalized spacial score (nSPS) is 21.8. The van der Waals surface area contributed by atoms with E-state index in [1.165, 1.54) is 103 Å². The van der Waals surface area contributed by atoms with Crippen molar-refractivity contribution in [1.82, 2.24) is 10.6 Å². The van der Waals surface area contributed by atoms with Crippen LogP contribution in [0.5, 0.6) is 0 Å². The molecule has 0 radical (unpaired) electrons. The molecular weight excluding hydrogens is 306 g/mol. The molecule has 1 rings (SSSR count). The van der Waals surface area contributed by atoms with Crippen LogP contribution in [0.3, 0.4) is 0 Å². The average Bonchev–Trinajstić information content (AvgIpc) is 2.49. The first-order chi connectivity index (χ1) is 10.0. The summed E-state index contributed by atoms with van der Waals surface area (Å²) in [5.74, 6) is 0. The van der Waals surface area contributed by atoms with E-state index in [1.54, 1.807) is 0 Å². The second-order valence-electron chi connectivity index (χ2n) is 5.35. The molecule has 1 fully saturated rings. The van der Waals surface area contributed by atoms with Crippen LogP contribution in [0.2, 0.25) is 0 Å². The van der Waals surface area contributed by atoms with Gasteiger partial charge in [0.1, 0.15) is 0 Å². The number of nitrogens with one attached hydrogen (secondary N) is 2. The third kappa shape index (κ3) is 16.9. The predicted molar refractivity (Wildman–Crippen MR) is 86.2 cm³/mol. The van der Waals surface area contributed by atoms with Gasteiger partial charge < -0.3 is 16.0 Å². The van der Waals surface area contributed by atoms with Gasteiger partial charge in [-0.05, 0) is 51.9 Å². The molecule has 0 atom stereocenters. The summed E-state index contributed by atoms with van der Waals surface area (Å²) in [5, 5.41) is 11.7. The maximum absolute atomic E-state index is 4.64. The quantitative estimate of drug-likeness (QED) is 0.661. The van der Waals surface area contributed by atoms with E-state index in [1.807, 2.05) is 0 Å². The fraction of sp³-hybridized carbons (Fsp3) is 1.00. The van der Waals surface area contributed by atoms with E-state index in [9.17, 15) is 0 Å². The van der Waals surface area contributed by atoms with Crippen LogP contribution in [-0.2, 0) is 19.4 Å². The molecule has 20 heavy (non-hydrogen) atoms. The molecule has 0 spiro atoms. The van der Waals surface area contributed by atoms with Crippen LogP contribution in [0.1, 0.15) is 57.8 Å². The van der Waals surface area contributed by atoms with Gasteiger partial charge in [0.15, 0.2) is 0 Å². The van der Waals surface area contributed by atoms with Crippen LogP contribution in [0, 0.1) is 0 Å². The number of hydrogen-bond acceptors (Lipinski definition) is 2. The van der Waals surface area contributed by atoms with E-state index < -0.39 is 0 Å². The van der Waals surface area contributed by atoms with Crippen molar-refractivity contribution in [3.05, 3.63) is 5.32 Å². The Hall–Kier alpha value is 0.884. The van der Waals surface area contributed by atoms with Gasteiger partial charge in [-0.3, -0.25) is 0 Å². The SMILES string of the molecule is C1CC[N-]CCCCCNCCCCCNCC1.[Cl][Ti+]. The standard InChI is InChI=1S/C15H32N3.ClH.Ti/c1-4-10-16-12-6-2-8-14-18-15-9-3-7-13-17-11-5-1;;/h16-17H,1-15H2;1H;/q-1;;+2/p-1. The fourth-order valence-corrected chi connectivity index (χ4v) is 2.34. The van der Waals surface area contributed by atoms with Crippen LogP contribution in [-0.4, -0.2) is 39.3 Å². The Morgan fingerprint density at radius 3 is 1.30 bits per heavy atom. The third-order valence-corrected chi connectivity index (χ3v) is 3.55. The number of nitrogens with zero attached hydrogens (tertiary/aromatic N) is 1. The number of hydrogen-bond donors (Lipinski definition) is 2. The van der Waals surface area contributed by atoms with Gasteiger partial charge in [0.2, 0.25) is 0 Å². The summed E-state index contributed by atoms with van der Waals surface area (Å²) in [4.78, 5) is 0. The van der Waals surface area contributed by atoms with E-state index in [2.05, 4.69) is 25.3 Å². The van der Waals surface area contributed by atoms with Gasteiger partial charge in [-0.15, -0.1) is 13.1 Å². The first-order valence-electron chi connectivity index (χ1n) is 8.24. The first kappa shape index (κ1) is 20.9. The molecule has 0 unspecified atom stereocenters. The molecule has 0 aromatic rings. The van der Waals surface area contributed by atoms with Crippen molar-refractivity contribution >= 4 is 9.30 Å². The van der Waals surface area contributed by atoms with E-state index >= 15 is 0 Å². The van der Waals surface area contributed by atoms with E-state index in [-0.39, 0.29) is 0 Å². The van der Waals surface area contributed by atoms with Gasteiger partial charge in [0.05, 0.1) is 0 Å². The zero-order valence-electron chi connectivity index (χ0n) is 12.9. The average molecular weight is 338 g/mol. The Kier molecular flexibility index (Phi) is 20.8. The summed E-state index contributed by atoms with van der Waals surface area (Å²) in [5.41, 5.74) is 0. The molecular formula is C15H32ClN3Ti. The van der Waals surface area contributed by atoms with Gasteiger partial charge in [-0.2, -0.15) is 0 Å². The predicted octanol–water partition coefficient (Wildman–Crippen LogP) is 3.75. The summed E-state index contributed by atoms with van der Waals surface area (Å²) < 4.78 is 0. The molecule has 3 nitrogen and oxygen atoms in total. The van der Waals surface area contributed by atoms with Gasteiger partial charge >= 0.3 is 28.7 Å². The zero-order valence-corrected chi connectivity index (χ0v) is 15.2. The molecule has 1 aliphatic rings. The van der Waals surface area contributed by atoms with Gasteiger partial charge in [0, 0.05) is 0 Å². The molecule has 0 bridgehead atoms. The summed E-state index contributed by atoms with van der Waals surface area (Å²) >= 11 is 1.47. The molecule has 118 valence electrons. The topological polar surface area (TPSA) is 38.2 Å². The molecule has 0 aliphatic carbocycles. The molecule has 1 aliphatic heterocycles. The van der Waals surface area contributed by atoms with Crippen LogP contribution < -0.4 is 10.6 Å². The van der Waals surface area contributed by atoms with Crippen molar-refractivity contribution < 1.29 is 19.4 Å². The third-order valence-electron chi connectivity index (χ3n) is 3.55. The Bertz CT molecular complexity index is 98.1. The van der Waals surface area contributed by atoms with Gasteiger partial charge in [0.25, 0.3) is 0 Å². The van der Waals surface area contributed by atoms with Crippen LogP contribution in [0.4, 0.5) is 0 Å². The first-order valence-corrected chi connectivity index (χ1v) is 10.4. The van der Waals surface area contributed by atoms with Crippen molar-refractivity contribution in [2.24, 2.45) is 0 Å². The molecule has 0 saturated carbocycles. The fourth-order valence-electron chi connectivity index (χ4n) is 2.34. The van der Waals surface area contributed by atoms with Crippen molar-refractivity contribution in [3.8, 4) is 0 Å². The molecule has 0 aromatic heterocycles. The summed E-state index contributed by atoms with van der Waals surface area (Å²) in [6.07, 6.45) is 11.9. The van der Waals surface area contributed by atoms with Gasteiger partial charge in [-0.25, -0.2) is 0 Å². The van der Waals surface area contributed by atoms with E-state index in [0.29, 0.717) is 0 Å². The second-order valence-corrected chi connectivity index (χ2v) is 5.35. The second kappa shape index (κ2) is 19.9. The summed E-state index contributed by atoms with van der Waals surface area (Å²) in [6.45, 7) is 6.95. The Balaban J connectivity index is 0.00000172. The monoisotopic (exact) mass is 337 g/mol. The molecule has 1 saturated heterocycles. The summed E-state index contributed by atoms with van der Waals surface area (Å²) in [7, 11) is 4.64. The molecule has 0 aromatic carbocycles. The van der Waals surface area contributed by atoms with E-state index in [4.69, 9.17) is 0 Å². The molecule has 5 heteroatoms. The van der Waals surface area contributed by atoms with Crippen molar-refractivity contribution in [3.63, 3.8) is 0 Å². The minimum atomic E-state index is 1.08. The van der Waals surface area contributed by atoms with Crippen molar-refractivity contribution in [2.75, 3.05) is 39.3 Å². The Labute approximate surface area is 141 Å². The Morgan fingerprint density at radius 1 is 0.550 bits per heavy atom. The van der Waals surface area contributed by atoms with Crippen LogP contribution in [0.25, 0.3) is 5.32 Å². The Morgan fingerprint density at radius 2 is 0.900 bits per heavy atom. The molecule has 0 amide bonds. The van der Waals surface area contributed by atoms with Crippen LogP contribution in [0.15, 0.2) is 0 Å². The number of rotatable bonds is 0. The molecule has 1 heterocycles. The zero-order chi connectivity index (χ0) is 14.7. The van der Waals surface area contributed by atoms with Crippen LogP contribution >= 0.6 is 9.30 Å². The van der Waals surface area contributed by atoms with E-state index in [0.717, 1.165) is 13.1 Å². The maximum atomic E-state index is 4.64. The number of halogens is 1. The van der Waals surface area contributed by atoms with Gasteiger partial charge in [-0.1, -0.05) is 32.1 Å². The van der Waals surface area contributed by atoms with Crippen molar-refractivity contribution in [2.45, 2.75) is 57.8 Å². The molecule has 2 N–H and O–H groups in total. The minimum absolute atomic E-state index is 1.08. The summed E-state index contributed by atoms with van der Waals surface area (Å²) in [6, 6.07) is 0. The van der Waals surface area contributed by atoms with Crippen molar-refractivity contribution in [1.29, 1.82) is 0 Å².